The van der Waals surface area contributed by atoms with E-state index in [1.54, 1.807) is 22.4 Å². The summed E-state index contributed by atoms with van der Waals surface area (Å²) in [6, 6.07) is 10.2. The van der Waals surface area contributed by atoms with Crippen LogP contribution in [0.1, 0.15) is 18.4 Å². The zero-order valence-electron chi connectivity index (χ0n) is 20.5. The Bertz CT molecular complexity index is 1130. The number of likely N-dealkylation sites (N-methyl/N-ethyl adjacent to an activating group) is 1. The Morgan fingerprint density at radius 2 is 1.97 bits per heavy atom. The van der Waals surface area contributed by atoms with Gasteiger partial charge in [-0.3, -0.25) is 4.79 Å². The van der Waals surface area contributed by atoms with Crippen molar-refractivity contribution in [3.63, 3.8) is 0 Å². The predicted molar refractivity (Wildman–Crippen MR) is 140 cm³/mol. The molecule has 1 aliphatic heterocycles. The quantitative estimate of drug-likeness (QED) is 0.468. The van der Waals surface area contributed by atoms with Crippen LogP contribution in [0.5, 0.6) is 0 Å². The molecule has 186 valence electrons. The number of aliphatic hydroxyl groups is 1. The molecule has 3 aromatic rings. The number of aromatic nitrogens is 3. The molecule has 0 unspecified atom stereocenters. The number of aryl methyl sites for hydroxylation is 1. The molecule has 1 saturated heterocycles. The fraction of sp³-hybridized carbons (Fsp3) is 0.440. The third kappa shape index (κ3) is 6.53. The molecule has 0 saturated carbocycles. The van der Waals surface area contributed by atoms with E-state index in [4.69, 9.17) is 9.97 Å². The van der Waals surface area contributed by atoms with Gasteiger partial charge in [0.1, 0.15) is 18.2 Å². The highest BCUT2D eigenvalue weighted by atomic mass is 32.1. The van der Waals surface area contributed by atoms with Crippen molar-refractivity contribution in [1.82, 2.24) is 24.8 Å². The lowest BCUT2D eigenvalue weighted by atomic mass is 10.0. The zero-order valence-corrected chi connectivity index (χ0v) is 21.3. The molecular formula is C25H33N7O2S. The Morgan fingerprint density at radius 1 is 1.17 bits per heavy atom. The topological polar surface area (TPSA) is 97.7 Å². The first-order valence-corrected chi connectivity index (χ1v) is 12.7. The maximum Gasteiger partial charge on any atom is 0.248 e. The molecule has 2 N–H and O–H groups in total. The molecule has 35 heavy (non-hydrogen) atoms. The second-order valence-corrected chi connectivity index (χ2v) is 10.0. The molecule has 1 amide bonds. The first-order chi connectivity index (χ1) is 16.9. The van der Waals surface area contributed by atoms with Crippen LogP contribution in [0.15, 0.2) is 42.7 Å². The molecule has 1 fully saturated rings. The molecule has 0 aliphatic carbocycles. The summed E-state index contributed by atoms with van der Waals surface area (Å²) in [6.45, 7) is 4.68. The van der Waals surface area contributed by atoms with E-state index in [2.05, 4.69) is 34.2 Å². The highest BCUT2D eigenvalue weighted by Gasteiger charge is 2.28. The summed E-state index contributed by atoms with van der Waals surface area (Å²) in [5, 5.41) is 13.4. The molecule has 0 bridgehead atoms. The van der Waals surface area contributed by atoms with E-state index in [-0.39, 0.29) is 5.91 Å². The van der Waals surface area contributed by atoms with E-state index in [0.717, 1.165) is 58.8 Å². The Labute approximate surface area is 210 Å². The number of hydrogen-bond acceptors (Lipinski definition) is 9. The van der Waals surface area contributed by atoms with Gasteiger partial charge in [0.15, 0.2) is 5.13 Å². The van der Waals surface area contributed by atoms with E-state index >= 15 is 0 Å². The highest BCUT2D eigenvalue weighted by molar-refractivity contribution is 7.18. The first-order valence-electron chi connectivity index (χ1n) is 11.9. The Morgan fingerprint density at radius 3 is 2.69 bits per heavy atom. The number of hydrogen-bond donors (Lipinski definition) is 2. The number of amides is 1. The SMILES string of the molecule is Cc1ccnc(Nc2cccc(-c3cnc(N(CCN(C)C)C4CCN(C(=O)CO)CC4)s3)n2)c1. The van der Waals surface area contributed by atoms with Gasteiger partial charge in [0.25, 0.3) is 0 Å². The number of rotatable bonds is 9. The molecule has 4 heterocycles. The number of piperidine rings is 1. The molecule has 10 heteroatoms. The summed E-state index contributed by atoms with van der Waals surface area (Å²) < 4.78 is 0. The largest absolute Gasteiger partial charge is 0.387 e. The molecule has 9 nitrogen and oxygen atoms in total. The normalized spacial score (nSPS) is 14.4. The summed E-state index contributed by atoms with van der Waals surface area (Å²) >= 11 is 1.64. The van der Waals surface area contributed by atoms with Crippen LogP contribution in [0, 0.1) is 6.92 Å². The van der Waals surface area contributed by atoms with Crippen molar-refractivity contribution < 1.29 is 9.90 Å². The molecule has 0 aromatic carbocycles. The Balaban J connectivity index is 1.50. The van der Waals surface area contributed by atoms with Crippen molar-refractivity contribution >= 4 is 34.0 Å². The molecule has 1 aliphatic rings. The minimum atomic E-state index is -0.425. The van der Waals surface area contributed by atoms with Crippen LogP contribution >= 0.6 is 11.3 Å². The highest BCUT2D eigenvalue weighted by Crippen LogP contribution is 2.33. The summed E-state index contributed by atoms with van der Waals surface area (Å²) in [6.07, 6.45) is 5.39. The van der Waals surface area contributed by atoms with Gasteiger partial charge in [-0.1, -0.05) is 17.4 Å². The zero-order chi connectivity index (χ0) is 24.8. The van der Waals surface area contributed by atoms with Crippen LogP contribution in [-0.2, 0) is 4.79 Å². The average Bonchev–Trinajstić information content (AvgIpc) is 3.34. The van der Waals surface area contributed by atoms with Crippen molar-refractivity contribution in [1.29, 1.82) is 0 Å². The van der Waals surface area contributed by atoms with Crippen molar-refractivity contribution in [2.45, 2.75) is 25.8 Å². The van der Waals surface area contributed by atoms with Gasteiger partial charge in [-0.05, 0) is 63.7 Å². The van der Waals surface area contributed by atoms with E-state index in [9.17, 15) is 9.90 Å². The third-order valence-corrected chi connectivity index (χ3v) is 7.15. The van der Waals surface area contributed by atoms with Gasteiger partial charge in [-0.2, -0.15) is 0 Å². The van der Waals surface area contributed by atoms with Crippen molar-refractivity contribution in [3.8, 4) is 10.6 Å². The van der Waals surface area contributed by atoms with Crippen LogP contribution in [0.2, 0.25) is 0 Å². The maximum absolute atomic E-state index is 11.9. The van der Waals surface area contributed by atoms with Crippen LogP contribution < -0.4 is 10.2 Å². The monoisotopic (exact) mass is 495 g/mol. The number of pyridine rings is 2. The van der Waals surface area contributed by atoms with Gasteiger partial charge >= 0.3 is 0 Å². The number of nitrogens with zero attached hydrogens (tertiary/aromatic N) is 6. The number of carbonyl (C=O) groups is 1. The molecule has 3 aromatic heterocycles. The lowest BCUT2D eigenvalue weighted by molar-refractivity contribution is -0.135. The fourth-order valence-electron chi connectivity index (χ4n) is 4.16. The second kappa shape index (κ2) is 11.6. The number of aliphatic hydroxyl groups excluding tert-OH is 1. The Kier molecular flexibility index (Phi) is 8.27. The molecule has 0 atom stereocenters. The number of nitrogens with one attached hydrogen (secondary N) is 1. The van der Waals surface area contributed by atoms with Gasteiger partial charge in [0.2, 0.25) is 5.91 Å². The number of thiazole rings is 1. The summed E-state index contributed by atoms with van der Waals surface area (Å²) in [4.78, 5) is 33.1. The van der Waals surface area contributed by atoms with Crippen LogP contribution in [-0.4, -0.2) is 88.7 Å². The van der Waals surface area contributed by atoms with Crippen LogP contribution in [0.25, 0.3) is 10.6 Å². The lowest BCUT2D eigenvalue weighted by Crippen LogP contribution is -2.49. The van der Waals surface area contributed by atoms with E-state index < -0.39 is 6.61 Å². The number of likely N-dealkylation sites (tertiary alicyclic amines) is 1. The minimum Gasteiger partial charge on any atom is -0.387 e. The molecule has 4 rings (SSSR count). The maximum atomic E-state index is 11.9. The van der Waals surface area contributed by atoms with Gasteiger partial charge < -0.3 is 25.1 Å². The van der Waals surface area contributed by atoms with E-state index in [0.29, 0.717) is 19.1 Å². The van der Waals surface area contributed by atoms with Crippen LogP contribution in [0.3, 0.4) is 0 Å². The summed E-state index contributed by atoms with van der Waals surface area (Å²) in [7, 11) is 4.14. The third-order valence-electron chi connectivity index (χ3n) is 6.09. The lowest BCUT2D eigenvalue weighted by Gasteiger charge is -2.38. The van der Waals surface area contributed by atoms with Gasteiger partial charge in [-0.15, -0.1) is 0 Å². The smallest absolute Gasteiger partial charge is 0.248 e. The van der Waals surface area contributed by atoms with E-state index in [1.807, 2.05) is 43.5 Å². The standard InChI is InChI=1S/C25H33N7O2S/c1-18-7-10-26-23(15-18)29-22-6-4-5-20(28-22)21-16-27-25(35-21)32(14-13-30(2)3)19-8-11-31(12-9-19)24(34)17-33/h4-7,10,15-16,19,33H,8-9,11-14,17H2,1-3H3,(H,26,28,29). The molecule has 0 radical (unpaired) electrons. The number of anilines is 3. The van der Waals surface area contributed by atoms with Crippen LogP contribution in [0.4, 0.5) is 16.8 Å². The van der Waals surface area contributed by atoms with Gasteiger partial charge in [-0.25, -0.2) is 15.0 Å². The predicted octanol–water partition coefficient (Wildman–Crippen LogP) is 3.00. The van der Waals surface area contributed by atoms with Gasteiger partial charge in [0, 0.05) is 44.6 Å². The summed E-state index contributed by atoms with van der Waals surface area (Å²) in [5.74, 6) is 1.31. The first kappa shape index (κ1) is 25.0. The van der Waals surface area contributed by atoms with Crippen molar-refractivity contribution in [2.75, 3.05) is 57.1 Å². The molecule has 0 spiro atoms. The average molecular weight is 496 g/mol. The fourth-order valence-corrected chi connectivity index (χ4v) is 5.15. The minimum absolute atomic E-state index is 0.194. The number of carbonyl (C=O) groups excluding carboxylic acids is 1. The van der Waals surface area contributed by atoms with Crippen molar-refractivity contribution in [3.05, 3.63) is 48.3 Å². The molecular weight excluding hydrogens is 462 g/mol. The van der Waals surface area contributed by atoms with Crippen molar-refractivity contribution in [2.24, 2.45) is 0 Å². The second-order valence-electron chi connectivity index (χ2n) is 9.03. The Hall–Kier alpha value is -3.08. The van der Waals surface area contributed by atoms with E-state index in [1.165, 1.54) is 0 Å². The summed E-state index contributed by atoms with van der Waals surface area (Å²) in [5.41, 5.74) is 2.00. The van der Waals surface area contributed by atoms with Gasteiger partial charge in [0.05, 0.1) is 10.6 Å².